The third-order valence-electron chi connectivity index (χ3n) is 8.56. The van der Waals surface area contributed by atoms with Gasteiger partial charge >= 0.3 is 0 Å². The Hall–Kier alpha value is -4.31. The smallest absolute Gasteiger partial charge is 0.127 e. The zero-order chi connectivity index (χ0) is 29.3. The van der Waals surface area contributed by atoms with Gasteiger partial charge in [0.2, 0.25) is 0 Å². The van der Waals surface area contributed by atoms with Crippen LogP contribution in [0.3, 0.4) is 0 Å². The van der Waals surface area contributed by atoms with Gasteiger partial charge in [-0.3, -0.25) is 4.98 Å². The molecule has 0 spiro atoms. The zero-order valence-corrected chi connectivity index (χ0v) is 27.3. The first-order valence-electron chi connectivity index (χ1n) is 15.1. The van der Waals surface area contributed by atoms with Crippen molar-refractivity contribution in [3.63, 3.8) is 0 Å². The van der Waals surface area contributed by atoms with Crippen LogP contribution in [0.15, 0.2) is 109 Å². The molecular formula is C39H34IrN3O-. The third-order valence-corrected chi connectivity index (χ3v) is 8.56. The molecule has 4 nitrogen and oxygen atoms in total. The van der Waals surface area contributed by atoms with Gasteiger partial charge in [-0.25, -0.2) is 0 Å². The molecule has 0 saturated heterocycles. The Labute approximate surface area is 271 Å². The number of hydrogen-bond donors (Lipinski definition) is 1. The van der Waals surface area contributed by atoms with Crippen LogP contribution in [0.4, 0.5) is 0 Å². The van der Waals surface area contributed by atoms with Gasteiger partial charge in [0, 0.05) is 38.2 Å². The number of para-hydroxylation sites is 1. The van der Waals surface area contributed by atoms with Crippen molar-refractivity contribution in [3.05, 3.63) is 132 Å². The van der Waals surface area contributed by atoms with Crippen molar-refractivity contribution in [2.45, 2.75) is 45.4 Å². The number of aromatic hydroxyl groups is 1. The van der Waals surface area contributed by atoms with Gasteiger partial charge in [-0.2, -0.15) is 0 Å². The molecule has 0 aliphatic heterocycles. The van der Waals surface area contributed by atoms with Gasteiger partial charge in [-0.05, 0) is 83.3 Å². The van der Waals surface area contributed by atoms with Crippen LogP contribution in [-0.4, -0.2) is 19.6 Å². The molecule has 1 saturated carbocycles. The van der Waals surface area contributed by atoms with Crippen molar-refractivity contribution in [1.82, 2.24) is 14.5 Å². The summed E-state index contributed by atoms with van der Waals surface area (Å²) in [6.07, 6.45) is 9.12. The molecule has 1 aliphatic rings. The van der Waals surface area contributed by atoms with E-state index in [1.54, 1.807) is 12.3 Å². The number of hydrogen-bond acceptors (Lipinski definition) is 3. The van der Waals surface area contributed by atoms with Crippen molar-refractivity contribution in [2.24, 2.45) is 0 Å². The van der Waals surface area contributed by atoms with Crippen molar-refractivity contribution >= 4 is 32.7 Å². The maximum Gasteiger partial charge on any atom is 0.127 e. The molecule has 3 aromatic heterocycles. The van der Waals surface area contributed by atoms with E-state index in [1.807, 2.05) is 48.7 Å². The minimum absolute atomic E-state index is 0. The molecule has 8 rings (SSSR count). The quantitative estimate of drug-likeness (QED) is 0.183. The summed E-state index contributed by atoms with van der Waals surface area (Å²) in [6, 6.07) is 36.5. The van der Waals surface area contributed by atoms with E-state index >= 15 is 0 Å². The minimum atomic E-state index is 0. The summed E-state index contributed by atoms with van der Waals surface area (Å²) < 4.78 is 2.12. The van der Waals surface area contributed by atoms with Gasteiger partial charge in [-0.15, -0.1) is 34.9 Å². The summed E-state index contributed by atoms with van der Waals surface area (Å²) in [7, 11) is 0. The zero-order valence-electron chi connectivity index (χ0n) is 24.9. The summed E-state index contributed by atoms with van der Waals surface area (Å²) in [4.78, 5) is 9.09. The Morgan fingerprint density at radius 1 is 0.773 bits per heavy atom. The molecule has 221 valence electrons. The van der Waals surface area contributed by atoms with E-state index in [-0.39, 0.29) is 25.9 Å². The number of rotatable bonds is 3. The molecule has 1 aliphatic carbocycles. The van der Waals surface area contributed by atoms with E-state index in [9.17, 15) is 5.11 Å². The molecule has 1 fully saturated rings. The monoisotopic (exact) mass is 753 g/mol. The van der Waals surface area contributed by atoms with Crippen LogP contribution in [0.1, 0.15) is 48.3 Å². The molecule has 1 radical (unpaired) electrons. The summed E-state index contributed by atoms with van der Waals surface area (Å²) in [6.45, 7) is 4.23. The molecule has 0 bridgehead atoms. The fourth-order valence-electron chi connectivity index (χ4n) is 6.66. The largest absolute Gasteiger partial charge is 0.507 e. The Kier molecular flexibility index (Phi) is 8.61. The first kappa shape index (κ1) is 29.7. The van der Waals surface area contributed by atoms with Crippen LogP contribution in [0.5, 0.6) is 5.75 Å². The molecule has 1 N–H and O–H groups in total. The number of phenols is 1. The van der Waals surface area contributed by atoms with Crippen LogP contribution >= 0.6 is 0 Å². The second-order valence-electron chi connectivity index (χ2n) is 11.6. The summed E-state index contributed by atoms with van der Waals surface area (Å²) in [5, 5.41) is 13.5. The minimum Gasteiger partial charge on any atom is -0.507 e. The Bertz CT molecular complexity index is 2060. The van der Waals surface area contributed by atoms with Crippen molar-refractivity contribution in [2.75, 3.05) is 0 Å². The van der Waals surface area contributed by atoms with Gasteiger partial charge in [-0.1, -0.05) is 69.2 Å². The number of fused-ring (bicyclic) bond motifs is 4. The van der Waals surface area contributed by atoms with Crippen LogP contribution in [0.25, 0.3) is 49.7 Å². The Morgan fingerprint density at radius 3 is 2.36 bits per heavy atom. The molecule has 5 heteroatoms. The van der Waals surface area contributed by atoms with Crippen molar-refractivity contribution in [1.29, 1.82) is 0 Å². The van der Waals surface area contributed by atoms with E-state index in [1.165, 1.54) is 53.1 Å². The van der Waals surface area contributed by atoms with Crippen molar-refractivity contribution in [3.8, 4) is 22.7 Å². The number of benzene rings is 4. The molecule has 3 heterocycles. The Morgan fingerprint density at radius 2 is 1.57 bits per heavy atom. The van der Waals surface area contributed by atoms with Crippen LogP contribution in [0.2, 0.25) is 0 Å². The van der Waals surface area contributed by atoms with Crippen molar-refractivity contribution < 1.29 is 25.2 Å². The van der Waals surface area contributed by atoms with E-state index in [0.29, 0.717) is 0 Å². The normalized spacial score (nSPS) is 13.1. The molecule has 0 atom stereocenters. The summed E-state index contributed by atoms with van der Waals surface area (Å²) >= 11 is 0. The number of aromatic nitrogens is 3. The standard InChI is InChI=1S/C22H22N.C17H12N2O.Ir/c1-15-11-16(2)13-20(12-15)22-21-8-7-18(17-5-3-4-6-17)14-19(21)9-10-23-22;20-15-10-4-8-13-16(15)17-14(9-5-11-18-17)19(13)12-6-2-1-3-7-12;/h7-12,14,17H,3-6H2,1-2H3;1-11,20H;/q-1;;. The van der Waals surface area contributed by atoms with E-state index in [2.05, 4.69) is 83.0 Å². The van der Waals surface area contributed by atoms with Gasteiger partial charge in [0.05, 0.1) is 16.4 Å². The predicted molar refractivity (Wildman–Crippen MR) is 177 cm³/mol. The van der Waals surface area contributed by atoms with E-state index < -0.39 is 0 Å². The average Bonchev–Trinajstić information content (AvgIpc) is 3.68. The van der Waals surface area contributed by atoms with Gasteiger partial charge in [0.25, 0.3) is 0 Å². The predicted octanol–water partition coefficient (Wildman–Crippen LogP) is 9.86. The Balaban J connectivity index is 0.000000154. The van der Waals surface area contributed by atoms with Gasteiger partial charge in [0.15, 0.2) is 0 Å². The second-order valence-corrected chi connectivity index (χ2v) is 11.6. The van der Waals surface area contributed by atoms with Crippen LogP contribution < -0.4 is 0 Å². The van der Waals surface area contributed by atoms with Gasteiger partial charge in [0.1, 0.15) is 11.3 Å². The molecular weight excluding hydrogens is 719 g/mol. The molecule has 0 unspecified atom stereocenters. The maximum atomic E-state index is 10.2. The first-order valence-corrected chi connectivity index (χ1v) is 15.1. The average molecular weight is 753 g/mol. The SMILES string of the molecule is Cc1[c-]c(-c2nccc3cc(C4CCCC4)ccc23)cc(C)c1.Oc1cccc2c1c1ncccc1n2-c1ccccc1.[Ir]. The molecule has 4 aromatic carbocycles. The van der Waals surface area contributed by atoms with E-state index in [0.717, 1.165) is 44.8 Å². The first-order chi connectivity index (χ1) is 21.1. The number of aryl methyl sites for hydroxylation is 2. The summed E-state index contributed by atoms with van der Waals surface area (Å²) in [5.41, 5.74) is 9.92. The van der Waals surface area contributed by atoms with Crippen LogP contribution in [0, 0.1) is 19.9 Å². The fourth-order valence-corrected chi connectivity index (χ4v) is 6.66. The fraction of sp³-hybridized carbons (Fsp3) is 0.179. The third kappa shape index (κ3) is 5.66. The maximum absolute atomic E-state index is 10.2. The molecule has 7 aromatic rings. The molecule has 0 amide bonds. The number of nitrogens with zero attached hydrogens (tertiary/aromatic N) is 3. The molecule has 44 heavy (non-hydrogen) atoms. The van der Waals surface area contributed by atoms with Gasteiger partial charge < -0.3 is 14.7 Å². The topological polar surface area (TPSA) is 50.9 Å². The summed E-state index contributed by atoms with van der Waals surface area (Å²) in [5.74, 6) is 1.02. The van der Waals surface area contributed by atoms with Crippen LogP contribution in [-0.2, 0) is 20.1 Å². The van der Waals surface area contributed by atoms with E-state index in [4.69, 9.17) is 0 Å². The second kappa shape index (κ2) is 12.7. The number of pyridine rings is 2. The number of phenolic OH excluding ortho intramolecular Hbond substituents is 1.